The van der Waals surface area contributed by atoms with Crippen molar-refractivity contribution in [3.63, 3.8) is 0 Å². The van der Waals surface area contributed by atoms with Crippen molar-refractivity contribution < 1.29 is 9.47 Å². The van der Waals surface area contributed by atoms with Gasteiger partial charge in [0.15, 0.2) is 11.5 Å². The lowest BCUT2D eigenvalue weighted by Gasteiger charge is -2.23. The minimum Gasteiger partial charge on any atom is -0.490 e. The predicted octanol–water partition coefficient (Wildman–Crippen LogP) is 6.50. The molecule has 0 aromatic heterocycles. The number of halogens is 2. The number of ether oxygens (including phenoxy) is 2. The van der Waals surface area contributed by atoms with E-state index in [2.05, 4.69) is 27.3 Å². The van der Waals surface area contributed by atoms with Crippen LogP contribution in [0.4, 0.5) is 0 Å². The van der Waals surface area contributed by atoms with Crippen LogP contribution in [0.2, 0.25) is 5.02 Å². The molecule has 0 bridgehead atoms. The fourth-order valence-electron chi connectivity index (χ4n) is 3.40. The molecule has 0 atom stereocenters. The predicted molar refractivity (Wildman–Crippen MR) is 115 cm³/mol. The zero-order chi connectivity index (χ0) is 19.1. The number of hydrogen-bond donors (Lipinski definition) is 1. The maximum Gasteiger partial charge on any atom is 0.162 e. The molecule has 1 aliphatic carbocycles. The third-order valence-electron chi connectivity index (χ3n) is 4.91. The first-order valence-electron chi connectivity index (χ1n) is 9.71. The van der Waals surface area contributed by atoms with Crippen molar-refractivity contribution in [2.75, 3.05) is 6.61 Å². The van der Waals surface area contributed by atoms with E-state index in [1.807, 2.05) is 37.3 Å². The average molecular weight is 453 g/mol. The van der Waals surface area contributed by atoms with E-state index < -0.39 is 0 Å². The molecule has 0 saturated heterocycles. The molecule has 2 aromatic rings. The van der Waals surface area contributed by atoms with Crippen molar-refractivity contribution >= 4 is 27.5 Å². The average Bonchev–Trinajstić information content (AvgIpc) is 2.69. The summed E-state index contributed by atoms with van der Waals surface area (Å²) >= 11 is 9.65. The highest BCUT2D eigenvalue weighted by Gasteiger charge is 2.15. The number of rotatable bonds is 8. The van der Waals surface area contributed by atoms with Crippen LogP contribution in [-0.2, 0) is 13.2 Å². The van der Waals surface area contributed by atoms with Gasteiger partial charge in [-0.2, -0.15) is 0 Å². The Morgan fingerprint density at radius 2 is 1.74 bits per heavy atom. The van der Waals surface area contributed by atoms with Crippen LogP contribution in [-0.4, -0.2) is 12.6 Å². The minimum atomic E-state index is 0.476. The smallest absolute Gasteiger partial charge is 0.162 e. The first-order valence-corrected chi connectivity index (χ1v) is 10.9. The van der Waals surface area contributed by atoms with Gasteiger partial charge in [-0.3, -0.25) is 0 Å². The van der Waals surface area contributed by atoms with Gasteiger partial charge in [0.05, 0.1) is 6.61 Å². The lowest BCUT2D eigenvalue weighted by molar-refractivity contribution is 0.268. The van der Waals surface area contributed by atoms with Crippen LogP contribution in [0.5, 0.6) is 11.5 Å². The highest BCUT2D eigenvalue weighted by Crippen LogP contribution is 2.34. The van der Waals surface area contributed by atoms with E-state index in [-0.39, 0.29) is 0 Å². The summed E-state index contributed by atoms with van der Waals surface area (Å²) in [5, 5.41) is 4.42. The normalized spacial score (nSPS) is 14.9. The summed E-state index contributed by atoms with van der Waals surface area (Å²) in [5.74, 6) is 1.54. The van der Waals surface area contributed by atoms with Crippen molar-refractivity contribution in [3.8, 4) is 11.5 Å². The second-order valence-electron chi connectivity index (χ2n) is 6.95. The topological polar surface area (TPSA) is 30.5 Å². The molecule has 146 valence electrons. The highest BCUT2D eigenvalue weighted by molar-refractivity contribution is 9.10. The van der Waals surface area contributed by atoms with E-state index in [0.717, 1.165) is 33.1 Å². The molecular weight excluding hydrogens is 426 g/mol. The minimum absolute atomic E-state index is 0.476. The lowest BCUT2D eigenvalue weighted by atomic mass is 9.95. The maximum absolute atomic E-state index is 6.03. The molecule has 0 amide bonds. The van der Waals surface area contributed by atoms with Gasteiger partial charge in [0.1, 0.15) is 6.61 Å². The molecule has 3 rings (SSSR count). The van der Waals surface area contributed by atoms with Gasteiger partial charge < -0.3 is 14.8 Å². The monoisotopic (exact) mass is 451 g/mol. The Kier molecular flexibility index (Phi) is 7.86. The Bertz CT molecular complexity index is 730. The zero-order valence-corrected chi connectivity index (χ0v) is 18.1. The van der Waals surface area contributed by atoms with Crippen LogP contribution < -0.4 is 14.8 Å². The Morgan fingerprint density at radius 3 is 2.44 bits per heavy atom. The third kappa shape index (κ3) is 6.13. The lowest BCUT2D eigenvalue weighted by Crippen LogP contribution is -2.30. The Labute approximate surface area is 175 Å². The summed E-state index contributed by atoms with van der Waals surface area (Å²) in [4.78, 5) is 0. The SMILES string of the molecule is CCOc1cc(CNC2CCCCC2)c(Br)cc1OCc1ccc(Cl)cc1. The molecule has 3 nitrogen and oxygen atoms in total. The zero-order valence-electron chi connectivity index (χ0n) is 15.8. The Hall–Kier alpha value is -1.23. The van der Waals surface area contributed by atoms with Crippen molar-refractivity contribution in [2.24, 2.45) is 0 Å². The fraction of sp³-hybridized carbons (Fsp3) is 0.455. The van der Waals surface area contributed by atoms with E-state index >= 15 is 0 Å². The van der Waals surface area contributed by atoms with Crippen LogP contribution in [0.25, 0.3) is 0 Å². The van der Waals surface area contributed by atoms with E-state index in [1.165, 1.54) is 37.7 Å². The Balaban J connectivity index is 1.67. The largest absolute Gasteiger partial charge is 0.490 e. The first-order chi connectivity index (χ1) is 13.2. The second kappa shape index (κ2) is 10.4. The molecule has 1 fully saturated rings. The molecule has 27 heavy (non-hydrogen) atoms. The molecule has 0 unspecified atom stereocenters. The summed E-state index contributed by atoms with van der Waals surface area (Å²) in [6, 6.07) is 12.4. The van der Waals surface area contributed by atoms with E-state index in [1.54, 1.807) is 0 Å². The Morgan fingerprint density at radius 1 is 1.04 bits per heavy atom. The highest BCUT2D eigenvalue weighted by atomic mass is 79.9. The third-order valence-corrected chi connectivity index (χ3v) is 5.90. The molecular formula is C22H27BrClNO2. The standard InChI is InChI=1S/C22H27BrClNO2/c1-2-26-21-12-17(14-25-19-6-4-3-5-7-19)20(23)13-22(21)27-15-16-8-10-18(24)11-9-16/h8-13,19,25H,2-7,14-15H2,1H3. The van der Waals surface area contributed by atoms with Crippen LogP contribution in [0, 0.1) is 0 Å². The molecule has 1 N–H and O–H groups in total. The molecule has 1 saturated carbocycles. The molecule has 0 heterocycles. The van der Waals surface area contributed by atoms with Gasteiger partial charge in [-0.05, 0) is 55.2 Å². The van der Waals surface area contributed by atoms with Gasteiger partial charge in [-0.25, -0.2) is 0 Å². The summed E-state index contributed by atoms with van der Waals surface area (Å²) in [5.41, 5.74) is 2.27. The van der Waals surface area contributed by atoms with E-state index in [4.69, 9.17) is 21.1 Å². The molecule has 0 spiro atoms. The number of hydrogen-bond acceptors (Lipinski definition) is 3. The van der Waals surface area contributed by atoms with Crippen molar-refractivity contribution in [3.05, 3.63) is 57.0 Å². The van der Waals surface area contributed by atoms with Crippen molar-refractivity contribution in [1.29, 1.82) is 0 Å². The van der Waals surface area contributed by atoms with Crippen molar-refractivity contribution in [1.82, 2.24) is 5.32 Å². The quantitative estimate of drug-likeness (QED) is 0.495. The van der Waals surface area contributed by atoms with Gasteiger partial charge in [-0.15, -0.1) is 0 Å². The van der Waals surface area contributed by atoms with Gasteiger partial charge in [0.2, 0.25) is 0 Å². The molecule has 1 aliphatic rings. The van der Waals surface area contributed by atoms with Gasteiger partial charge >= 0.3 is 0 Å². The van der Waals surface area contributed by atoms with E-state index in [9.17, 15) is 0 Å². The van der Waals surface area contributed by atoms with Crippen LogP contribution in [0.3, 0.4) is 0 Å². The number of nitrogens with one attached hydrogen (secondary N) is 1. The summed E-state index contributed by atoms with van der Waals surface area (Å²) in [7, 11) is 0. The molecule has 5 heteroatoms. The fourth-order valence-corrected chi connectivity index (χ4v) is 3.99. The van der Waals surface area contributed by atoms with Gasteiger partial charge in [-0.1, -0.05) is 58.9 Å². The molecule has 0 radical (unpaired) electrons. The first kappa shape index (κ1) is 20.5. The van der Waals surface area contributed by atoms with Crippen LogP contribution in [0.1, 0.15) is 50.2 Å². The van der Waals surface area contributed by atoms with Crippen LogP contribution >= 0.6 is 27.5 Å². The maximum atomic E-state index is 6.03. The number of benzene rings is 2. The van der Waals surface area contributed by atoms with Crippen molar-refractivity contribution in [2.45, 2.75) is 58.2 Å². The van der Waals surface area contributed by atoms with Crippen LogP contribution in [0.15, 0.2) is 40.9 Å². The van der Waals surface area contributed by atoms with Gasteiger partial charge in [0.25, 0.3) is 0 Å². The molecule has 2 aromatic carbocycles. The molecule has 0 aliphatic heterocycles. The summed E-state index contributed by atoms with van der Waals surface area (Å²) in [6.45, 7) is 3.91. The summed E-state index contributed by atoms with van der Waals surface area (Å²) < 4.78 is 12.9. The van der Waals surface area contributed by atoms with Gasteiger partial charge in [0, 0.05) is 22.1 Å². The van der Waals surface area contributed by atoms with E-state index in [0.29, 0.717) is 19.3 Å². The second-order valence-corrected chi connectivity index (χ2v) is 8.25. The summed E-state index contributed by atoms with van der Waals surface area (Å²) in [6.07, 6.45) is 6.59.